The van der Waals surface area contributed by atoms with Gasteiger partial charge in [0, 0.05) is 12.6 Å². The third-order valence-electron chi connectivity index (χ3n) is 4.85. The van der Waals surface area contributed by atoms with Crippen molar-refractivity contribution in [3.8, 4) is 0 Å². The molecule has 0 spiro atoms. The molecule has 0 unspecified atom stereocenters. The summed E-state index contributed by atoms with van der Waals surface area (Å²) in [6.07, 6.45) is 0.949. The van der Waals surface area contributed by atoms with Gasteiger partial charge in [0.2, 0.25) is 21.8 Å². The standard InChI is InChI=1S/C23H30FN3O4S/c1-16(2)25-23(29)18(4)26(14-19-11-9-17(3)10-12-19)22(28)15-27(32(5,30)31)21-8-6-7-20(24)13-21/h6-13,16,18H,14-15H2,1-5H3,(H,25,29)/t18-/m1/s1. The van der Waals surface area contributed by atoms with Gasteiger partial charge in [-0.05, 0) is 51.5 Å². The van der Waals surface area contributed by atoms with Crippen molar-refractivity contribution >= 4 is 27.5 Å². The fourth-order valence-electron chi connectivity index (χ4n) is 3.12. The van der Waals surface area contributed by atoms with Gasteiger partial charge in [-0.3, -0.25) is 13.9 Å². The summed E-state index contributed by atoms with van der Waals surface area (Å²) in [4.78, 5) is 27.3. The molecule has 0 aliphatic heterocycles. The highest BCUT2D eigenvalue weighted by Crippen LogP contribution is 2.20. The van der Waals surface area contributed by atoms with Crippen molar-refractivity contribution in [1.29, 1.82) is 0 Å². The third-order valence-corrected chi connectivity index (χ3v) is 5.99. The maximum atomic E-state index is 13.7. The SMILES string of the molecule is Cc1ccc(CN(C(=O)CN(c2cccc(F)c2)S(C)(=O)=O)[C@H](C)C(=O)NC(C)C)cc1. The lowest BCUT2D eigenvalue weighted by Gasteiger charge is -2.32. The molecule has 0 aliphatic rings. The van der Waals surface area contributed by atoms with Crippen molar-refractivity contribution < 1.29 is 22.4 Å². The minimum Gasteiger partial charge on any atom is -0.352 e. The predicted molar refractivity (Wildman–Crippen MR) is 123 cm³/mol. The second-order valence-electron chi connectivity index (χ2n) is 8.10. The van der Waals surface area contributed by atoms with Crippen LogP contribution in [0.5, 0.6) is 0 Å². The number of benzene rings is 2. The molecule has 0 heterocycles. The highest BCUT2D eigenvalue weighted by molar-refractivity contribution is 7.92. The molecule has 2 aromatic carbocycles. The molecule has 0 radical (unpaired) electrons. The Morgan fingerprint density at radius 1 is 1.06 bits per heavy atom. The zero-order chi connectivity index (χ0) is 24.1. The van der Waals surface area contributed by atoms with Gasteiger partial charge in [-0.15, -0.1) is 0 Å². The van der Waals surface area contributed by atoms with E-state index in [4.69, 9.17) is 0 Å². The lowest BCUT2D eigenvalue weighted by molar-refractivity contribution is -0.139. The topological polar surface area (TPSA) is 86.8 Å². The van der Waals surface area contributed by atoms with Crippen molar-refractivity contribution in [3.63, 3.8) is 0 Å². The van der Waals surface area contributed by atoms with Gasteiger partial charge in [-0.2, -0.15) is 0 Å². The van der Waals surface area contributed by atoms with Gasteiger partial charge in [-0.1, -0.05) is 35.9 Å². The first kappa shape index (κ1) is 25.3. The number of rotatable bonds is 9. The van der Waals surface area contributed by atoms with E-state index in [1.807, 2.05) is 45.0 Å². The van der Waals surface area contributed by atoms with Crippen LogP contribution in [0.15, 0.2) is 48.5 Å². The molecule has 0 aliphatic carbocycles. The number of halogens is 1. The normalized spacial score (nSPS) is 12.3. The monoisotopic (exact) mass is 463 g/mol. The molecule has 0 fully saturated rings. The second-order valence-corrected chi connectivity index (χ2v) is 10.0. The summed E-state index contributed by atoms with van der Waals surface area (Å²) < 4.78 is 39.4. The largest absolute Gasteiger partial charge is 0.352 e. The van der Waals surface area contributed by atoms with Gasteiger partial charge in [-0.25, -0.2) is 12.8 Å². The molecule has 174 valence electrons. The molecule has 7 nitrogen and oxygen atoms in total. The van der Waals surface area contributed by atoms with E-state index in [2.05, 4.69) is 5.32 Å². The van der Waals surface area contributed by atoms with Gasteiger partial charge < -0.3 is 10.2 Å². The Kier molecular flexibility index (Phi) is 8.38. The van der Waals surface area contributed by atoms with Crippen LogP contribution in [-0.4, -0.2) is 50.0 Å². The lowest BCUT2D eigenvalue weighted by Crippen LogP contribution is -2.52. The van der Waals surface area contributed by atoms with E-state index in [1.54, 1.807) is 6.92 Å². The fourth-order valence-corrected chi connectivity index (χ4v) is 3.96. The third kappa shape index (κ3) is 7.05. The van der Waals surface area contributed by atoms with Crippen LogP contribution in [0.4, 0.5) is 10.1 Å². The number of nitrogens with one attached hydrogen (secondary N) is 1. The Labute approximate surface area is 189 Å². The Bertz CT molecular complexity index is 1060. The molecule has 2 aromatic rings. The molecule has 0 saturated heterocycles. The number of carbonyl (C=O) groups is 2. The molecule has 1 atom stereocenters. The highest BCUT2D eigenvalue weighted by Gasteiger charge is 2.30. The van der Waals surface area contributed by atoms with Crippen LogP contribution in [0.2, 0.25) is 0 Å². The maximum absolute atomic E-state index is 13.7. The summed E-state index contributed by atoms with van der Waals surface area (Å²) in [5, 5.41) is 2.78. The summed E-state index contributed by atoms with van der Waals surface area (Å²) >= 11 is 0. The van der Waals surface area contributed by atoms with Crippen LogP contribution in [0.25, 0.3) is 0 Å². The second kappa shape index (κ2) is 10.6. The molecular formula is C23H30FN3O4S. The summed E-state index contributed by atoms with van der Waals surface area (Å²) in [5.41, 5.74) is 1.88. The van der Waals surface area contributed by atoms with Gasteiger partial charge in [0.05, 0.1) is 11.9 Å². The minimum atomic E-state index is -3.89. The molecule has 1 N–H and O–H groups in total. The smallest absolute Gasteiger partial charge is 0.244 e. The summed E-state index contributed by atoms with van der Waals surface area (Å²) in [7, 11) is -3.89. The number of hydrogen-bond acceptors (Lipinski definition) is 4. The molecular weight excluding hydrogens is 433 g/mol. The van der Waals surface area contributed by atoms with E-state index in [0.29, 0.717) is 0 Å². The van der Waals surface area contributed by atoms with Gasteiger partial charge in [0.25, 0.3) is 0 Å². The van der Waals surface area contributed by atoms with E-state index >= 15 is 0 Å². The average Bonchev–Trinajstić information content (AvgIpc) is 2.69. The molecule has 2 amide bonds. The maximum Gasteiger partial charge on any atom is 0.244 e. The van der Waals surface area contributed by atoms with E-state index in [-0.39, 0.29) is 24.2 Å². The first-order chi connectivity index (χ1) is 14.9. The van der Waals surface area contributed by atoms with Crippen molar-refractivity contribution in [2.24, 2.45) is 0 Å². The van der Waals surface area contributed by atoms with Gasteiger partial charge >= 0.3 is 0 Å². The number of sulfonamides is 1. The predicted octanol–water partition coefficient (Wildman–Crippen LogP) is 2.84. The number of nitrogens with zero attached hydrogens (tertiary/aromatic N) is 2. The first-order valence-corrected chi connectivity index (χ1v) is 12.1. The van der Waals surface area contributed by atoms with E-state index in [0.717, 1.165) is 27.8 Å². The van der Waals surface area contributed by atoms with Gasteiger partial charge in [0.1, 0.15) is 18.4 Å². The van der Waals surface area contributed by atoms with Crippen molar-refractivity contribution in [1.82, 2.24) is 10.2 Å². The fraction of sp³-hybridized carbons (Fsp3) is 0.391. The number of hydrogen-bond donors (Lipinski definition) is 1. The molecule has 0 bridgehead atoms. The molecule has 9 heteroatoms. The van der Waals surface area contributed by atoms with Crippen LogP contribution >= 0.6 is 0 Å². The summed E-state index contributed by atoms with van der Waals surface area (Å²) in [5.74, 6) is -1.55. The van der Waals surface area contributed by atoms with E-state index in [9.17, 15) is 22.4 Å². The number of anilines is 1. The Morgan fingerprint density at radius 2 is 1.69 bits per heavy atom. The van der Waals surface area contributed by atoms with E-state index < -0.39 is 34.3 Å². The van der Waals surface area contributed by atoms with Gasteiger partial charge in [0.15, 0.2) is 0 Å². The number of amides is 2. The number of carbonyl (C=O) groups excluding carboxylic acids is 2. The van der Waals surface area contributed by atoms with Crippen LogP contribution < -0.4 is 9.62 Å². The zero-order valence-corrected chi connectivity index (χ0v) is 19.8. The molecule has 0 aromatic heterocycles. The van der Waals surface area contributed by atoms with Crippen molar-refractivity contribution in [2.75, 3.05) is 17.1 Å². The highest BCUT2D eigenvalue weighted by atomic mass is 32.2. The van der Waals surface area contributed by atoms with Crippen LogP contribution in [0.3, 0.4) is 0 Å². The molecule has 2 rings (SSSR count). The van der Waals surface area contributed by atoms with Crippen LogP contribution in [0, 0.1) is 12.7 Å². The minimum absolute atomic E-state index is 0.0374. The number of aryl methyl sites for hydroxylation is 1. The lowest BCUT2D eigenvalue weighted by atomic mass is 10.1. The Balaban J connectivity index is 2.38. The van der Waals surface area contributed by atoms with E-state index in [1.165, 1.54) is 23.1 Å². The molecule has 0 saturated carbocycles. The van der Waals surface area contributed by atoms with Crippen LogP contribution in [-0.2, 0) is 26.2 Å². The first-order valence-electron chi connectivity index (χ1n) is 10.3. The quantitative estimate of drug-likeness (QED) is 0.620. The van der Waals surface area contributed by atoms with Crippen molar-refractivity contribution in [2.45, 2.75) is 46.3 Å². The summed E-state index contributed by atoms with van der Waals surface area (Å²) in [6, 6.07) is 11.5. The average molecular weight is 464 g/mol. The van der Waals surface area contributed by atoms with Crippen molar-refractivity contribution in [3.05, 3.63) is 65.5 Å². The Morgan fingerprint density at radius 3 is 2.22 bits per heavy atom. The Hall–Kier alpha value is -2.94. The zero-order valence-electron chi connectivity index (χ0n) is 19.0. The molecule has 32 heavy (non-hydrogen) atoms. The summed E-state index contributed by atoms with van der Waals surface area (Å²) in [6.45, 7) is 6.71. The van der Waals surface area contributed by atoms with Crippen LogP contribution in [0.1, 0.15) is 31.9 Å².